The lowest BCUT2D eigenvalue weighted by Crippen LogP contribution is -1.76. The first-order chi connectivity index (χ1) is 7.25. The zero-order valence-electron chi connectivity index (χ0n) is 7.74. The van der Waals surface area contributed by atoms with E-state index in [1.54, 1.807) is 23.1 Å². The average molecular weight is 320 g/mol. The standard InChI is InChI=1S/C11H8BrClS2/c12-10-4-5-14-11(10)7-15-9-3-1-2-8(13)6-9/h1-6H,7H2. The third kappa shape index (κ3) is 3.25. The summed E-state index contributed by atoms with van der Waals surface area (Å²) in [7, 11) is 0. The number of hydrogen-bond acceptors (Lipinski definition) is 2. The summed E-state index contributed by atoms with van der Waals surface area (Å²) in [5.41, 5.74) is 0. The van der Waals surface area contributed by atoms with Gasteiger partial charge in [0.05, 0.1) is 0 Å². The topological polar surface area (TPSA) is 0 Å². The number of halogens is 2. The third-order valence-electron chi connectivity index (χ3n) is 1.86. The highest BCUT2D eigenvalue weighted by Gasteiger charge is 2.02. The van der Waals surface area contributed by atoms with Gasteiger partial charge in [0.15, 0.2) is 0 Å². The predicted molar refractivity (Wildman–Crippen MR) is 73.0 cm³/mol. The van der Waals surface area contributed by atoms with Gasteiger partial charge in [-0.05, 0) is 45.6 Å². The van der Waals surface area contributed by atoms with Crippen molar-refractivity contribution in [3.8, 4) is 0 Å². The van der Waals surface area contributed by atoms with Crippen LogP contribution < -0.4 is 0 Å². The van der Waals surface area contributed by atoms with E-state index < -0.39 is 0 Å². The summed E-state index contributed by atoms with van der Waals surface area (Å²) in [6.07, 6.45) is 0. The van der Waals surface area contributed by atoms with Gasteiger partial charge < -0.3 is 0 Å². The minimum atomic E-state index is 0.797. The molecule has 1 aromatic carbocycles. The minimum absolute atomic E-state index is 0.797. The molecule has 2 aromatic rings. The Labute approximate surface area is 111 Å². The zero-order valence-corrected chi connectivity index (χ0v) is 11.7. The van der Waals surface area contributed by atoms with Crippen LogP contribution in [-0.4, -0.2) is 0 Å². The van der Waals surface area contributed by atoms with Crippen LogP contribution in [0.1, 0.15) is 4.88 Å². The summed E-state index contributed by atoms with van der Waals surface area (Å²) in [5.74, 6) is 0.985. The minimum Gasteiger partial charge on any atom is -0.147 e. The van der Waals surface area contributed by atoms with E-state index in [0.717, 1.165) is 10.8 Å². The molecule has 0 radical (unpaired) electrons. The molecule has 1 aromatic heterocycles. The van der Waals surface area contributed by atoms with E-state index in [2.05, 4.69) is 33.4 Å². The monoisotopic (exact) mass is 318 g/mol. The number of benzene rings is 1. The van der Waals surface area contributed by atoms with Crippen LogP contribution >= 0.6 is 50.6 Å². The first-order valence-electron chi connectivity index (χ1n) is 4.36. The van der Waals surface area contributed by atoms with Gasteiger partial charge in [-0.25, -0.2) is 0 Å². The molecule has 15 heavy (non-hydrogen) atoms. The summed E-state index contributed by atoms with van der Waals surface area (Å²) in [6, 6.07) is 10.0. The predicted octanol–water partition coefficient (Wildman–Crippen LogP) is 5.46. The summed E-state index contributed by atoms with van der Waals surface area (Å²) in [4.78, 5) is 2.57. The number of thiophene rings is 1. The van der Waals surface area contributed by atoms with Gasteiger partial charge in [-0.1, -0.05) is 17.7 Å². The van der Waals surface area contributed by atoms with Gasteiger partial charge in [-0.3, -0.25) is 0 Å². The lowest BCUT2D eigenvalue weighted by Gasteiger charge is -2.00. The maximum Gasteiger partial charge on any atom is 0.0417 e. The first-order valence-corrected chi connectivity index (χ1v) is 7.39. The Morgan fingerprint density at radius 1 is 1.33 bits per heavy atom. The summed E-state index contributed by atoms with van der Waals surface area (Å²) in [6.45, 7) is 0. The molecule has 4 heteroatoms. The van der Waals surface area contributed by atoms with Gasteiger partial charge in [0.2, 0.25) is 0 Å². The van der Waals surface area contributed by atoms with E-state index in [4.69, 9.17) is 11.6 Å². The van der Waals surface area contributed by atoms with Crippen LogP contribution in [0, 0.1) is 0 Å². The van der Waals surface area contributed by atoms with Crippen molar-refractivity contribution in [3.63, 3.8) is 0 Å². The van der Waals surface area contributed by atoms with Crippen LogP contribution in [0.25, 0.3) is 0 Å². The van der Waals surface area contributed by atoms with E-state index in [0.29, 0.717) is 0 Å². The largest absolute Gasteiger partial charge is 0.147 e. The molecule has 0 unspecified atom stereocenters. The van der Waals surface area contributed by atoms with Gasteiger partial charge in [-0.2, -0.15) is 0 Å². The molecule has 0 aliphatic rings. The molecule has 0 atom stereocenters. The molecule has 0 nitrogen and oxygen atoms in total. The van der Waals surface area contributed by atoms with Gasteiger partial charge in [0.1, 0.15) is 0 Å². The maximum absolute atomic E-state index is 5.92. The molecular weight excluding hydrogens is 312 g/mol. The Bertz CT molecular complexity index is 453. The van der Waals surface area contributed by atoms with Crippen molar-refractivity contribution >= 4 is 50.6 Å². The van der Waals surface area contributed by atoms with Crippen molar-refractivity contribution in [2.24, 2.45) is 0 Å². The smallest absolute Gasteiger partial charge is 0.0417 e. The van der Waals surface area contributed by atoms with Crippen LogP contribution in [0.4, 0.5) is 0 Å². The average Bonchev–Trinajstić information content (AvgIpc) is 2.61. The second-order valence-electron chi connectivity index (χ2n) is 2.94. The highest BCUT2D eigenvalue weighted by Crippen LogP contribution is 2.31. The van der Waals surface area contributed by atoms with Gasteiger partial charge in [-0.15, -0.1) is 23.1 Å². The zero-order chi connectivity index (χ0) is 10.7. The van der Waals surface area contributed by atoms with Crippen LogP contribution in [0.3, 0.4) is 0 Å². The van der Waals surface area contributed by atoms with Gasteiger partial charge in [0, 0.05) is 25.0 Å². The van der Waals surface area contributed by atoms with Crippen LogP contribution in [0.15, 0.2) is 45.1 Å². The van der Waals surface area contributed by atoms with Crippen LogP contribution in [0.5, 0.6) is 0 Å². The normalized spacial score (nSPS) is 10.5. The first kappa shape index (κ1) is 11.5. The Kier molecular flexibility index (Phi) is 4.14. The van der Waals surface area contributed by atoms with E-state index in [1.807, 2.05) is 18.2 Å². The highest BCUT2D eigenvalue weighted by atomic mass is 79.9. The molecule has 0 aliphatic heterocycles. The van der Waals surface area contributed by atoms with Crippen molar-refractivity contribution in [2.75, 3.05) is 0 Å². The SMILES string of the molecule is Clc1cccc(SCc2sccc2Br)c1. The van der Waals surface area contributed by atoms with E-state index >= 15 is 0 Å². The number of rotatable bonds is 3. The van der Waals surface area contributed by atoms with Gasteiger partial charge >= 0.3 is 0 Å². The van der Waals surface area contributed by atoms with E-state index in [1.165, 1.54) is 14.2 Å². The Balaban J connectivity index is 2.02. The molecule has 78 valence electrons. The van der Waals surface area contributed by atoms with Crippen molar-refractivity contribution in [1.29, 1.82) is 0 Å². The van der Waals surface area contributed by atoms with E-state index in [-0.39, 0.29) is 0 Å². The molecule has 1 heterocycles. The molecule has 2 rings (SSSR count). The van der Waals surface area contributed by atoms with E-state index in [9.17, 15) is 0 Å². The summed E-state index contributed by atoms with van der Waals surface area (Å²) in [5, 5.41) is 2.89. The van der Waals surface area contributed by atoms with Gasteiger partial charge in [0.25, 0.3) is 0 Å². The Morgan fingerprint density at radius 2 is 2.20 bits per heavy atom. The Hall–Kier alpha value is 0.0400. The molecule has 0 N–H and O–H groups in total. The molecule has 0 fully saturated rings. The lowest BCUT2D eigenvalue weighted by molar-refractivity contribution is 1.42. The molecule has 0 aliphatic carbocycles. The van der Waals surface area contributed by atoms with Crippen LogP contribution in [0.2, 0.25) is 5.02 Å². The fourth-order valence-electron chi connectivity index (χ4n) is 1.13. The van der Waals surface area contributed by atoms with Crippen molar-refractivity contribution < 1.29 is 0 Å². The molecule has 0 bridgehead atoms. The fourth-order valence-corrected chi connectivity index (χ4v) is 4.14. The fraction of sp³-hybridized carbons (Fsp3) is 0.0909. The second-order valence-corrected chi connectivity index (χ2v) is 6.28. The molecule has 0 saturated heterocycles. The summed E-state index contributed by atoms with van der Waals surface area (Å²) < 4.78 is 1.20. The van der Waals surface area contributed by atoms with Crippen LogP contribution in [-0.2, 0) is 5.75 Å². The quantitative estimate of drug-likeness (QED) is 0.677. The van der Waals surface area contributed by atoms with Crippen molar-refractivity contribution in [3.05, 3.63) is 50.1 Å². The number of thioether (sulfide) groups is 1. The highest BCUT2D eigenvalue weighted by molar-refractivity contribution is 9.10. The molecule has 0 saturated carbocycles. The number of hydrogen-bond donors (Lipinski definition) is 0. The molecule has 0 amide bonds. The molecule has 0 spiro atoms. The summed E-state index contributed by atoms with van der Waals surface area (Å²) >= 11 is 13.0. The maximum atomic E-state index is 5.92. The Morgan fingerprint density at radius 3 is 2.87 bits per heavy atom. The van der Waals surface area contributed by atoms with Crippen molar-refractivity contribution in [2.45, 2.75) is 10.6 Å². The second kappa shape index (κ2) is 5.39. The molecular formula is C11H8BrClS2. The third-order valence-corrected chi connectivity index (χ3v) is 5.22. The lowest BCUT2D eigenvalue weighted by atomic mass is 10.4. The van der Waals surface area contributed by atoms with Crippen molar-refractivity contribution in [1.82, 2.24) is 0 Å².